The second-order valence-electron chi connectivity index (χ2n) is 9.83. The fraction of sp³-hybridized carbons (Fsp3) is 0.429. The predicted molar refractivity (Wildman–Crippen MR) is 135 cm³/mol. The second-order valence-corrected chi connectivity index (χ2v) is 11.9. The van der Waals surface area contributed by atoms with E-state index in [0.29, 0.717) is 24.0 Å². The lowest BCUT2D eigenvalue weighted by atomic mass is 9.75. The van der Waals surface area contributed by atoms with Crippen molar-refractivity contribution in [3.63, 3.8) is 0 Å². The van der Waals surface area contributed by atoms with Crippen molar-refractivity contribution >= 4 is 9.84 Å². The summed E-state index contributed by atoms with van der Waals surface area (Å²) in [4.78, 5) is 2.92. The van der Waals surface area contributed by atoms with E-state index < -0.39 is 9.84 Å². The van der Waals surface area contributed by atoms with Gasteiger partial charge in [0, 0.05) is 31.4 Å². The average molecular weight is 497 g/mol. The van der Waals surface area contributed by atoms with E-state index in [9.17, 15) is 12.8 Å². The van der Waals surface area contributed by atoms with Crippen molar-refractivity contribution in [3.05, 3.63) is 83.4 Å². The highest BCUT2D eigenvalue weighted by Gasteiger charge is 2.36. The number of ether oxygens (including phenoxy) is 1. The number of sulfone groups is 1. The third-order valence-electron chi connectivity index (χ3n) is 7.39. The molecule has 1 aliphatic heterocycles. The molecule has 2 atom stereocenters. The Balaban J connectivity index is 1.29. The van der Waals surface area contributed by atoms with Gasteiger partial charge < -0.3 is 9.30 Å². The monoisotopic (exact) mass is 496 g/mol. The third-order valence-corrected chi connectivity index (χ3v) is 9.17. The zero-order valence-electron chi connectivity index (χ0n) is 20.2. The van der Waals surface area contributed by atoms with Crippen molar-refractivity contribution in [2.75, 3.05) is 25.4 Å². The number of nitrogens with zero attached hydrogens (tertiary/aromatic N) is 2. The summed E-state index contributed by atoms with van der Waals surface area (Å²) in [5, 5.41) is 0. The number of rotatable bonds is 9. The van der Waals surface area contributed by atoms with Crippen molar-refractivity contribution in [2.45, 2.75) is 49.0 Å². The molecule has 1 aliphatic carbocycles. The third kappa shape index (κ3) is 5.46. The van der Waals surface area contributed by atoms with E-state index in [1.807, 2.05) is 19.2 Å². The van der Waals surface area contributed by atoms with Gasteiger partial charge in [0.05, 0.1) is 17.3 Å². The van der Waals surface area contributed by atoms with Crippen molar-refractivity contribution < 1.29 is 17.5 Å². The minimum Gasteiger partial charge on any atom is -0.494 e. The number of hydrogen-bond acceptors (Lipinski definition) is 4. The summed E-state index contributed by atoms with van der Waals surface area (Å²) in [5.41, 5.74) is 3.64. The van der Waals surface area contributed by atoms with Crippen LogP contribution < -0.4 is 4.74 Å². The maximum Gasteiger partial charge on any atom is 0.180 e. The molecule has 3 aromatic rings. The molecule has 5 rings (SSSR count). The maximum atomic E-state index is 13.9. The molecule has 0 amide bonds. The fourth-order valence-corrected chi connectivity index (χ4v) is 6.77. The van der Waals surface area contributed by atoms with Crippen LogP contribution in [-0.4, -0.2) is 49.4 Å². The minimum atomic E-state index is -3.31. The summed E-state index contributed by atoms with van der Waals surface area (Å²) < 4.78 is 46.7. The van der Waals surface area contributed by atoms with Crippen molar-refractivity contribution in [1.82, 2.24) is 9.47 Å². The summed E-state index contributed by atoms with van der Waals surface area (Å²) in [6.45, 7) is 2.60. The quantitative estimate of drug-likeness (QED) is 0.401. The van der Waals surface area contributed by atoms with E-state index >= 15 is 0 Å². The number of fused-ring (bicyclic) bond motifs is 1. The first-order valence-corrected chi connectivity index (χ1v) is 14.1. The number of aromatic nitrogens is 1. The van der Waals surface area contributed by atoms with Crippen LogP contribution in [0.15, 0.2) is 65.8 Å². The van der Waals surface area contributed by atoms with Crippen LogP contribution in [0.3, 0.4) is 0 Å². The van der Waals surface area contributed by atoms with Gasteiger partial charge in [-0.3, -0.25) is 4.90 Å². The van der Waals surface area contributed by atoms with Crippen LogP contribution in [-0.2, 0) is 29.7 Å². The molecule has 1 saturated heterocycles. The molecule has 2 heterocycles. The molecule has 5 nitrogen and oxygen atoms in total. The Morgan fingerprint density at radius 1 is 1.11 bits per heavy atom. The van der Waals surface area contributed by atoms with E-state index in [0.717, 1.165) is 43.7 Å². The van der Waals surface area contributed by atoms with E-state index in [-0.39, 0.29) is 17.5 Å². The standard InChI is InChI=1S/C28H33FN2O3S/c1-30-14-11-25(20-30)35(32,33)16-4-15-34-24-9-7-22-8-10-28(31-12-3-13-31)27(26(22)19-24)18-21-5-2-6-23(29)17-21/h2,5-7,9,11,14,17,19-20,27-28H,3-4,8,10,12-13,15-16,18H2,1H3. The second kappa shape index (κ2) is 10.2. The van der Waals surface area contributed by atoms with Crippen LogP contribution in [0.5, 0.6) is 5.75 Å². The molecular weight excluding hydrogens is 463 g/mol. The Labute approximate surface area is 207 Å². The lowest BCUT2D eigenvalue weighted by Gasteiger charge is -2.45. The van der Waals surface area contributed by atoms with Gasteiger partial charge in [-0.25, -0.2) is 12.8 Å². The van der Waals surface area contributed by atoms with Gasteiger partial charge in [0.25, 0.3) is 0 Å². The SMILES string of the molecule is Cn1ccc(S(=O)(=O)CCCOc2ccc3c(c2)C(Cc2cccc(F)c2)C(N2CCC2)CC3)c1. The number of likely N-dealkylation sites (tertiary alicyclic amines) is 1. The van der Waals surface area contributed by atoms with Crippen molar-refractivity contribution in [3.8, 4) is 5.75 Å². The molecule has 1 fully saturated rings. The van der Waals surface area contributed by atoms with Gasteiger partial charge in [0.15, 0.2) is 9.84 Å². The van der Waals surface area contributed by atoms with Gasteiger partial charge in [-0.1, -0.05) is 18.2 Å². The molecule has 0 bridgehead atoms. The molecule has 0 N–H and O–H groups in total. The van der Waals surface area contributed by atoms with Crippen LogP contribution in [0.2, 0.25) is 0 Å². The largest absolute Gasteiger partial charge is 0.494 e. The van der Waals surface area contributed by atoms with Crippen LogP contribution in [0.1, 0.15) is 41.9 Å². The maximum absolute atomic E-state index is 13.9. The van der Waals surface area contributed by atoms with Crippen molar-refractivity contribution in [1.29, 1.82) is 0 Å². The highest BCUT2D eigenvalue weighted by atomic mass is 32.2. The van der Waals surface area contributed by atoms with E-state index in [4.69, 9.17) is 4.74 Å². The van der Waals surface area contributed by atoms with Gasteiger partial charge in [-0.05, 0) is 92.2 Å². The Morgan fingerprint density at radius 2 is 1.97 bits per heavy atom. The molecule has 0 spiro atoms. The van der Waals surface area contributed by atoms with Crippen LogP contribution in [0.25, 0.3) is 0 Å². The topological polar surface area (TPSA) is 51.5 Å². The Hall–Kier alpha value is -2.64. The molecule has 2 aromatic carbocycles. The highest BCUT2D eigenvalue weighted by Crippen LogP contribution is 2.40. The van der Waals surface area contributed by atoms with E-state index in [1.54, 1.807) is 35.2 Å². The number of hydrogen-bond donors (Lipinski definition) is 0. The number of aryl methyl sites for hydroxylation is 2. The number of halogens is 1. The molecule has 35 heavy (non-hydrogen) atoms. The Bertz CT molecular complexity index is 1280. The van der Waals surface area contributed by atoms with Gasteiger partial charge in [0.2, 0.25) is 0 Å². The average Bonchev–Trinajstić information content (AvgIpc) is 3.24. The lowest BCUT2D eigenvalue weighted by Crippen LogP contribution is -2.49. The highest BCUT2D eigenvalue weighted by molar-refractivity contribution is 7.91. The van der Waals surface area contributed by atoms with Crippen LogP contribution in [0.4, 0.5) is 4.39 Å². The molecule has 2 unspecified atom stereocenters. The van der Waals surface area contributed by atoms with Gasteiger partial charge >= 0.3 is 0 Å². The lowest BCUT2D eigenvalue weighted by molar-refractivity contribution is 0.0876. The summed E-state index contributed by atoms with van der Waals surface area (Å²) >= 11 is 0. The van der Waals surface area contributed by atoms with Crippen LogP contribution in [0, 0.1) is 5.82 Å². The zero-order chi connectivity index (χ0) is 24.4. The molecular formula is C28H33FN2O3S. The van der Waals surface area contributed by atoms with Gasteiger partial charge in [-0.15, -0.1) is 0 Å². The normalized spacial score (nSPS) is 20.3. The molecule has 1 aromatic heterocycles. The Kier molecular flexibility index (Phi) is 6.98. The summed E-state index contributed by atoms with van der Waals surface area (Å²) in [5.74, 6) is 0.917. The van der Waals surface area contributed by atoms with Gasteiger partial charge in [-0.2, -0.15) is 0 Å². The summed E-state index contributed by atoms with van der Waals surface area (Å²) in [7, 11) is -1.49. The smallest absolute Gasteiger partial charge is 0.180 e. The van der Waals surface area contributed by atoms with Crippen molar-refractivity contribution in [2.24, 2.45) is 7.05 Å². The van der Waals surface area contributed by atoms with E-state index in [1.165, 1.54) is 23.6 Å². The van der Waals surface area contributed by atoms with Crippen LogP contribution >= 0.6 is 0 Å². The fourth-order valence-electron chi connectivity index (χ4n) is 5.44. The minimum absolute atomic E-state index is 0.0567. The first-order valence-electron chi connectivity index (χ1n) is 12.5. The molecule has 2 aliphatic rings. The van der Waals surface area contributed by atoms with E-state index in [2.05, 4.69) is 17.0 Å². The molecule has 0 radical (unpaired) electrons. The van der Waals surface area contributed by atoms with Gasteiger partial charge in [0.1, 0.15) is 11.6 Å². The molecule has 0 saturated carbocycles. The first-order chi connectivity index (χ1) is 16.9. The summed E-state index contributed by atoms with van der Waals surface area (Å²) in [6, 6.07) is 15.3. The molecule has 186 valence electrons. The zero-order valence-corrected chi connectivity index (χ0v) is 21.0. The number of benzene rings is 2. The Morgan fingerprint density at radius 3 is 2.69 bits per heavy atom. The summed E-state index contributed by atoms with van der Waals surface area (Å²) in [6.07, 6.45) is 7.99. The predicted octanol–water partition coefficient (Wildman–Crippen LogP) is 4.75. The molecule has 7 heteroatoms. The first kappa shape index (κ1) is 24.1.